The van der Waals surface area contributed by atoms with E-state index in [1.54, 1.807) is 12.1 Å². The SMILES string of the molecule is O=C(O)C=CC1Oc2ccccc2O1. The molecule has 0 radical (unpaired) electrons. The molecule has 1 N–H and O–H groups in total. The van der Waals surface area contributed by atoms with Crippen molar-refractivity contribution in [3.8, 4) is 11.5 Å². The smallest absolute Gasteiger partial charge is 0.328 e. The molecule has 0 unspecified atom stereocenters. The van der Waals surface area contributed by atoms with E-state index in [4.69, 9.17) is 14.6 Å². The van der Waals surface area contributed by atoms with Gasteiger partial charge in [0.2, 0.25) is 0 Å². The summed E-state index contributed by atoms with van der Waals surface area (Å²) in [4.78, 5) is 10.2. The van der Waals surface area contributed by atoms with Gasteiger partial charge in [-0.05, 0) is 12.1 Å². The molecule has 0 atom stereocenters. The van der Waals surface area contributed by atoms with Gasteiger partial charge in [-0.1, -0.05) is 12.1 Å². The van der Waals surface area contributed by atoms with Gasteiger partial charge in [-0.25, -0.2) is 4.79 Å². The Bertz CT molecular complexity index is 358. The van der Waals surface area contributed by atoms with E-state index >= 15 is 0 Å². The van der Waals surface area contributed by atoms with E-state index in [0.29, 0.717) is 11.5 Å². The average molecular weight is 192 g/mol. The van der Waals surface area contributed by atoms with E-state index in [0.717, 1.165) is 6.08 Å². The summed E-state index contributed by atoms with van der Waals surface area (Å²) >= 11 is 0. The molecule has 0 fully saturated rings. The van der Waals surface area contributed by atoms with Gasteiger partial charge in [-0.3, -0.25) is 0 Å². The summed E-state index contributed by atoms with van der Waals surface area (Å²) in [6.07, 6.45) is 1.71. The molecule has 1 aliphatic rings. The summed E-state index contributed by atoms with van der Waals surface area (Å²) in [5.41, 5.74) is 0. The van der Waals surface area contributed by atoms with Crippen molar-refractivity contribution in [2.24, 2.45) is 0 Å². The van der Waals surface area contributed by atoms with Crippen LogP contribution in [0.2, 0.25) is 0 Å². The topological polar surface area (TPSA) is 55.8 Å². The zero-order valence-electron chi connectivity index (χ0n) is 7.21. The van der Waals surface area contributed by atoms with Crippen LogP contribution < -0.4 is 9.47 Å². The molecule has 14 heavy (non-hydrogen) atoms. The number of carbonyl (C=O) groups is 1. The fourth-order valence-electron chi connectivity index (χ4n) is 1.16. The lowest BCUT2D eigenvalue weighted by molar-refractivity contribution is -0.131. The van der Waals surface area contributed by atoms with Crippen molar-refractivity contribution in [1.29, 1.82) is 0 Å². The molecule has 1 aliphatic heterocycles. The third-order valence-corrected chi connectivity index (χ3v) is 1.73. The number of rotatable bonds is 2. The highest BCUT2D eigenvalue weighted by atomic mass is 16.7. The molecule has 1 heterocycles. The van der Waals surface area contributed by atoms with Gasteiger partial charge in [0.15, 0.2) is 11.5 Å². The van der Waals surface area contributed by atoms with Gasteiger partial charge in [0.05, 0.1) is 0 Å². The molecule has 0 aromatic heterocycles. The first-order valence-electron chi connectivity index (χ1n) is 4.09. The van der Waals surface area contributed by atoms with Gasteiger partial charge in [-0.15, -0.1) is 0 Å². The second kappa shape index (κ2) is 3.41. The standard InChI is InChI=1S/C10H8O4/c11-9(12)5-6-10-13-7-3-1-2-4-8(7)14-10/h1-6,10H,(H,11,12). The van der Waals surface area contributed by atoms with Crippen LogP contribution in [0.3, 0.4) is 0 Å². The molecule has 2 rings (SSSR count). The number of para-hydroxylation sites is 2. The Balaban J connectivity index is 2.08. The number of benzene rings is 1. The van der Waals surface area contributed by atoms with Crippen LogP contribution in [0, 0.1) is 0 Å². The highest BCUT2D eigenvalue weighted by Gasteiger charge is 2.20. The maximum Gasteiger partial charge on any atom is 0.328 e. The normalized spacial score (nSPS) is 14.9. The summed E-state index contributed by atoms with van der Waals surface area (Å²) in [5.74, 6) is 0.244. The fourth-order valence-corrected chi connectivity index (χ4v) is 1.16. The Kier molecular flexibility index (Phi) is 2.10. The number of hydrogen-bond donors (Lipinski definition) is 1. The molecular formula is C10H8O4. The highest BCUT2D eigenvalue weighted by molar-refractivity contribution is 5.79. The molecule has 1 aromatic carbocycles. The third-order valence-electron chi connectivity index (χ3n) is 1.73. The molecule has 0 aliphatic carbocycles. The maximum atomic E-state index is 10.2. The summed E-state index contributed by atoms with van der Waals surface area (Å²) in [6, 6.07) is 7.19. The first-order valence-corrected chi connectivity index (χ1v) is 4.09. The maximum absolute atomic E-state index is 10.2. The zero-order chi connectivity index (χ0) is 9.97. The number of hydrogen-bond acceptors (Lipinski definition) is 3. The molecule has 0 saturated heterocycles. The van der Waals surface area contributed by atoms with E-state index in [2.05, 4.69) is 0 Å². The van der Waals surface area contributed by atoms with Crippen molar-refractivity contribution >= 4 is 5.97 Å². The van der Waals surface area contributed by atoms with E-state index in [1.165, 1.54) is 6.08 Å². The van der Waals surface area contributed by atoms with Gasteiger partial charge < -0.3 is 14.6 Å². The molecule has 72 valence electrons. The van der Waals surface area contributed by atoms with E-state index < -0.39 is 12.3 Å². The third kappa shape index (κ3) is 1.69. The van der Waals surface area contributed by atoms with Crippen molar-refractivity contribution in [2.75, 3.05) is 0 Å². The molecule has 0 spiro atoms. The van der Waals surface area contributed by atoms with Gasteiger partial charge in [0.25, 0.3) is 6.29 Å². The van der Waals surface area contributed by atoms with Gasteiger partial charge in [-0.2, -0.15) is 0 Å². The van der Waals surface area contributed by atoms with E-state index in [1.807, 2.05) is 12.1 Å². The Morgan fingerprint density at radius 3 is 2.36 bits per heavy atom. The molecular weight excluding hydrogens is 184 g/mol. The van der Waals surface area contributed by atoms with Crippen LogP contribution >= 0.6 is 0 Å². The Hall–Kier alpha value is -1.97. The van der Waals surface area contributed by atoms with Crippen LogP contribution in [0.5, 0.6) is 11.5 Å². The molecule has 0 saturated carbocycles. The van der Waals surface area contributed by atoms with Crippen LogP contribution in [0.25, 0.3) is 0 Å². The predicted octanol–water partition coefficient (Wildman–Crippen LogP) is 1.42. The monoisotopic (exact) mass is 192 g/mol. The van der Waals surface area contributed by atoms with Crippen LogP contribution in [0.15, 0.2) is 36.4 Å². The Morgan fingerprint density at radius 1 is 1.29 bits per heavy atom. The Labute approximate surface area is 80.4 Å². The molecule has 0 amide bonds. The largest absolute Gasteiger partial charge is 0.478 e. The van der Waals surface area contributed by atoms with Crippen molar-refractivity contribution in [3.05, 3.63) is 36.4 Å². The minimum absolute atomic E-state index is 0.632. The number of carboxylic acids is 1. The van der Waals surface area contributed by atoms with Crippen molar-refractivity contribution < 1.29 is 19.4 Å². The Morgan fingerprint density at radius 2 is 1.86 bits per heavy atom. The lowest BCUT2D eigenvalue weighted by Crippen LogP contribution is -2.14. The zero-order valence-corrected chi connectivity index (χ0v) is 7.21. The second-order valence-electron chi connectivity index (χ2n) is 2.75. The number of fused-ring (bicyclic) bond motifs is 1. The number of aliphatic carboxylic acids is 1. The van der Waals surface area contributed by atoms with Crippen molar-refractivity contribution in [1.82, 2.24) is 0 Å². The molecule has 1 aromatic rings. The highest BCUT2D eigenvalue weighted by Crippen LogP contribution is 2.33. The first-order chi connectivity index (χ1) is 6.75. The van der Waals surface area contributed by atoms with Gasteiger partial charge >= 0.3 is 5.97 Å². The minimum atomic E-state index is -1.02. The minimum Gasteiger partial charge on any atom is -0.478 e. The van der Waals surface area contributed by atoms with Crippen molar-refractivity contribution in [3.63, 3.8) is 0 Å². The average Bonchev–Trinajstić information content (AvgIpc) is 2.57. The molecule has 0 bridgehead atoms. The number of ether oxygens (including phenoxy) is 2. The van der Waals surface area contributed by atoms with Crippen LogP contribution in [-0.4, -0.2) is 17.4 Å². The van der Waals surface area contributed by atoms with Gasteiger partial charge in [0.1, 0.15) is 0 Å². The summed E-state index contributed by atoms with van der Waals surface area (Å²) in [6.45, 7) is 0. The quantitative estimate of drug-likeness (QED) is 0.720. The lowest BCUT2D eigenvalue weighted by Gasteiger charge is -2.02. The van der Waals surface area contributed by atoms with Crippen LogP contribution in [-0.2, 0) is 4.79 Å². The molecule has 4 nitrogen and oxygen atoms in total. The van der Waals surface area contributed by atoms with Crippen LogP contribution in [0.4, 0.5) is 0 Å². The van der Waals surface area contributed by atoms with Crippen molar-refractivity contribution in [2.45, 2.75) is 6.29 Å². The predicted molar refractivity (Wildman–Crippen MR) is 48.3 cm³/mol. The summed E-state index contributed by atoms with van der Waals surface area (Å²) < 4.78 is 10.6. The summed E-state index contributed by atoms with van der Waals surface area (Å²) in [5, 5.41) is 8.39. The first kappa shape index (κ1) is 8.62. The summed E-state index contributed by atoms with van der Waals surface area (Å²) in [7, 11) is 0. The van der Waals surface area contributed by atoms with Crippen LogP contribution in [0.1, 0.15) is 0 Å². The lowest BCUT2D eigenvalue weighted by atomic mass is 10.3. The fraction of sp³-hybridized carbons (Fsp3) is 0.100. The van der Waals surface area contributed by atoms with Gasteiger partial charge in [0, 0.05) is 12.2 Å². The second-order valence-corrected chi connectivity index (χ2v) is 2.75. The van der Waals surface area contributed by atoms with E-state index in [-0.39, 0.29) is 0 Å². The number of carboxylic acid groups (broad SMARTS) is 1. The molecule has 4 heteroatoms. The van der Waals surface area contributed by atoms with E-state index in [9.17, 15) is 4.79 Å².